The second-order valence-corrected chi connectivity index (χ2v) is 8.07. The van der Waals surface area contributed by atoms with Crippen molar-refractivity contribution in [3.05, 3.63) is 113 Å². The van der Waals surface area contributed by atoms with E-state index < -0.39 is 40.7 Å². The molecule has 0 fully saturated rings. The van der Waals surface area contributed by atoms with Crippen LogP contribution in [-0.4, -0.2) is 0 Å². The Bertz CT molecular complexity index is 1320. The van der Waals surface area contributed by atoms with E-state index in [4.69, 9.17) is 4.74 Å². The summed E-state index contributed by atoms with van der Waals surface area (Å²) in [6.07, 6.45) is 1.29. The lowest BCUT2D eigenvalue weighted by Gasteiger charge is -2.11. The zero-order chi connectivity index (χ0) is 25.1. The maximum absolute atomic E-state index is 14.8. The van der Waals surface area contributed by atoms with Crippen molar-refractivity contribution in [1.29, 1.82) is 0 Å². The summed E-state index contributed by atoms with van der Waals surface area (Å²) in [5, 5.41) is 0. The lowest BCUT2D eigenvalue weighted by Crippen LogP contribution is -2.02. The lowest BCUT2D eigenvalue weighted by molar-refractivity contribution is 0.273. The summed E-state index contributed by atoms with van der Waals surface area (Å²) >= 11 is 0. The van der Waals surface area contributed by atoms with Gasteiger partial charge in [0.25, 0.3) is 0 Å². The number of benzene rings is 4. The SMILES string of the molecule is CCCc1cc(F)c(OCc2ccc(-c3ccc(-c4cc(F)c(F)c(F)c4)cc3)c(F)c2)c(F)c1. The minimum absolute atomic E-state index is 0.142. The fraction of sp³-hybridized carbons (Fsp3) is 0.143. The van der Waals surface area contributed by atoms with E-state index in [0.29, 0.717) is 28.7 Å². The van der Waals surface area contributed by atoms with Crippen LogP contribution in [-0.2, 0) is 13.0 Å². The van der Waals surface area contributed by atoms with Crippen LogP contribution in [0.4, 0.5) is 26.3 Å². The molecule has 180 valence electrons. The molecule has 4 aromatic carbocycles. The fourth-order valence-electron chi connectivity index (χ4n) is 3.79. The summed E-state index contributed by atoms with van der Waals surface area (Å²) in [6.45, 7) is 1.67. The first-order chi connectivity index (χ1) is 16.8. The molecule has 0 saturated carbocycles. The largest absolute Gasteiger partial charge is 0.483 e. The molecule has 0 radical (unpaired) electrons. The maximum atomic E-state index is 14.8. The molecule has 0 atom stereocenters. The van der Waals surface area contributed by atoms with Gasteiger partial charge in [-0.3, -0.25) is 0 Å². The Hall–Kier alpha value is -3.74. The van der Waals surface area contributed by atoms with Crippen LogP contribution in [0.25, 0.3) is 22.3 Å². The van der Waals surface area contributed by atoms with E-state index in [-0.39, 0.29) is 17.7 Å². The average Bonchev–Trinajstić information content (AvgIpc) is 2.82. The average molecular weight is 486 g/mol. The van der Waals surface area contributed by atoms with E-state index in [1.165, 1.54) is 36.4 Å². The quantitative estimate of drug-likeness (QED) is 0.188. The van der Waals surface area contributed by atoms with Gasteiger partial charge < -0.3 is 4.74 Å². The van der Waals surface area contributed by atoms with Crippen molar-refractivity contribution >= 4 is 0 Å². The number of ether oxygens (including phenoxy) is 1. The Morgan fingerprint density at radius 3 is 1.71 bits per heavy atom. The number of rotatable bonds is 7. The Morgan fingerprint density at radius 1 is 0.571 bits per heavy atom. The van der Waals surface area contributed by atoms with Gasteiger partial charge in [0, 0.05) is 5.56 Å². The normalized spacial score (nSPS) is 11.1. The van der Waals surface area contributed by atoms with Crippen LogP contribution in [0.5, 0.6) is 5.75 Å². The smallest absolute Gasteiger partial charge is 0.194 e. The molecule has 0 unspecified atom stereocenters. The van der Waals surface area contributed by atoms with Gasteiger partial charge in [-0.15, -0.1) is 0 Å². The van der Waals surface area contributed by atoms with E-state index in [2.05, 4.69) is 0 Å². The zero-order valence-electron chi connectivity index (χ0n) is 18.6. The van der Waals surface area contributed by atoms with E-state index in [9.17, 15) is 26.3 Å². The highest BCUT2D eigenvalue weighted by Crippen LogP contribution is 2.30. The molecule has 0 bridgehead atoms. The molecule has 0 aliphatic carbocycles. The minimum Gasteiger partial charge on any atom is -0.483 e. The van der Waals surface area contributed by atoms with Crippen molar-refractivity contribution in [3.8, 4) is 28.0 Å². The third-order valence-corrected chi connectivity index (χ3v) is 5.53. The molecule has 0 aromatic heterocycles. The van der Waals surface area contributed by atoms with Crippen molar-refractivity contribution in [1.82, 2.24) is 0 Å². The Morgan fingerprint density at radius 2 is 1.14 bits per heavy atom. The molecule has 7 heteroatoms. The first-order valence-corrected chi connectivity index (χ1v) is 10.9. The number of hydrogen-bond acceptors (Lipinski definition) is 1. The first-order valence-electron chi connectivity index (χ1n) is 10.9. The monoisotopic (exact) mass is 486 g/mol. The van der Waals surface area contributed by atoms with Gasteiger partial charge in [0.1, 0.15) is 12.4 Å². The van der Waals surface area contributed by atoms with Crippen LogP contribution >= 0.6 is 0 Å². The van der Waals surface area contributed by atoms with Crippen molar-refractivity contribution in [3.63, 3.8) is 0 Å². The molecule has 35 heavy (non-hydrogen) atoms. The van der Waals surface area contributed by atoms with E-state index in [1.807, 2.05) is 6.92 Å². The molecule has 0 spiro atoms. The third-order valence-electron chi connectivity index (χ3n) is 5.53. The molecule has 0 saturated heterocycles. The number of hydrogen-bond donors (Lipinski definition) is 0. The summed E-state index contributed by atoms with van der Waals surface area (Å²) in [6, 6.07) is 14.7. The van der Waals surface area contributed by atoms with Gasteiger partial charge in [0.2, 0.25) is 0 Å². The number of halogens is 6. The molecule has 0 aliphatic rings. The molecular formula is C28H20F6O. The highest BCUT2D eigenvalue weighted by Gasteiger charge is 2.15. The second kappa shape index (κ2) is 10.3. The summed E-state index contributed by atoms with van der Waals surface area (Å²) in [5.74, 6) is -6.88. The van der Waals surface area contributed by atoms with Gasteiger partial charge in [-0.1, -0.05) is 49.7 Å². The minimum atomic E-state index is -1.55. The van der Waals surface area contributed by atoms with Gasteiger partial charge in [-0.05, 0) is 64.6 Å². The number of aryl methyl sites for hydroxylation is 1. The summed E-state index contributed by atoms with van der Waals surface area (Å²) < 4.78 is 88.7. The van der Waals surface area contributed by atoms with Crippen molar-refractivity contribution in [2.45, 2.75) is 26.4 Å². The highest BCUT2D eigenvalue weighted by molar-refractivity contribution is 5.71. The van der Waals surface area contributed by atoms with Crippen LogP contribution in [0.3, 0.4) is 0 Å². The maximum Gasteiger partial charge on any atom is 0.194 e. The summed E-state index contributed by atoms with van der Waals surface area (Å²) in [4.78, 5) is 0. The van der Waals surface area contributed by atoms with Crippen molar-refractivity contribution in [2.24, 2.45) is 0 Å². The Kier molecular flexibility index (Phi) is 7.15. The van der Waals surface area contributed by atoms with Gasteiger partial charge >= 0.3 is 0 Å². The van der Waals surface area contributed by atoms with Crippen molar-refractivity contribution in [2.75, 3.05) is 0 Å². The van der Waals surface area contributed by atoms with Gasteiger partial charge in [-0.2, -0.15) is 0 Å². The van der Waals surface area contributed by atoms with Crippen LogP contribution in [0.2, 0.25) is 0 Å². The molecule has 4 rings (SSSR count). The zero-order valence-corrected chi connectivity index (χ0v) is 18.6. The van der Waals surface area contributed by atoms with Crippen LogP contribution in [0.15, 0.2) is 66.7 Å². The lowest BCUT2D eigenvalue weighted by atomic mass is 9.99. The molecular weight excluding hydrogens is 466 g/mol. The van der Waals surface area contributed by atoms with Gasteiger partial charge in [-0.25, -0.2) is 26.3 Å². The topological polar surface area (TPSA) is 9.23 Å². The van der Waals surface area contributed by atoms with E-state index in [0.717, 1.165) is 18.6 Å². The summed E-state index contributed by atoms with van der Waals surface area (Å²) in [7, 11) is 0. The molecule has 1 nitrogen and oxygen atoms in total. The summed E-state index contributed by atoms with van der Waals surface area (Å²) in [5.41, 5.74) is 2.21. The highest BCUT2D eigenvalue weighted by atomic mass is 19.2. The molecule has 0 amide bonds. The predicted octanol–water partition coefficient (Wildman–Crippen LogP) is 8.39. The Labute approximate surface area is 198 Å². The first kappa shape index (κ1) is 24.4. The van der Waals surface area contributed by atoms with E-state index >= 15 is 0 Å². The van der Waals surface area contributed by atoms with Gasteiger partial charge in [0.05, 0.1) is 0 Å². The van der Waals surface area contributed by atoms with Crippen LogP contribution < -0.4 is 4.74 Å². The van der Waals surface area contributed by atoms with Gasteiger partial charge in [0.15, 0.2) is 34.8 Å². The molecule has 4 aromatic rings. The third kappa shape index (κ3) is 5.34. The standard InChI is InChI=1S/C28H20F6O/c1-2-3-16-10-25(32)28(26(33)11-16)35-15-17-4-9-21(22(29)12-17)19-7-5-18(6-8-19)20-13-23(30)27(34)24(31)14-20/h4-14H,2-3,15H2,1H3. The predicted molar refractivity (Wildman–Crippen MR) is 122 cm³/mol. The van der Waals surface area contributed by atoms with Crippen LogP contribution in [0, 0.1) is 34.9 Å². The Balaban J connectivity index is 1.50. The molecule has 0 N–H and O–H groups in total. The second-order valence-electron chi connectivity index (χ2n) is 8.07. The van der Waals surface area contributed by atoms with Crippen LogP contribution in [0.1, 0.15) is 24.5 Å². The van der Waals surface area contributed by atoms with E-state index in [1.54, 1.807) is 18.2 Å². The molecule has 0 aliphatic heterocycles. The fourth-order valence-corrected chi connectivity index (χ4v) is 3.79. The molecule has 0 heterocycles. The van der Waals surface area contributed by atoms with Crippen molar-refractivity contribution < 1.29 is 31.1 Å².